The van der Waals surface area contributed by atoms with E-state index >= 15 is 0 Å². The van der Waals surface area contributed by atoms with Gasteiger partial charge >= 0.3 is 0 Å². The largest absolute Gasteiger partial charge is 0.493 e. The van der Waals surface area contributed by atoms with Crippen molar-refractivity contribution in [3.63, 3.8) is 0 Å². The molecule has 1 aromatic carbocycles. The Morgan fingerprint density at radius 1 is 1.20 bits per heavy atom. The Morgan fingerprint density at radius 2 is 1.90 bits per heavy atom. The standard InChI is InChI=1S/C16H26ClNO2/c1-5-8-18-11-12-9-14(17)16(15(10-12)19-4)20-13(6-2)7-3/h9-10,13,18H,5-8,11H2,1-4H3. The Kier molecular flexibility index (Phi) is 7.78. The SMILES string of the molecule is CCCNCc1cc(Cl)c(OC(CC)CC)c(OC)c1. The molecule has 4 heteroatoms. The predicted octanol–water partition coefficient (Wildman–Crippen LogP) is 4.42. The number of methoxy groups -OCH3 is 1. The molecular formula is C16H26ClNO2. The first-order valence-electron chi connectivity index (χ1n) is 7.39. The zero-order chi connectivity index (χ0) is 15.0. The molecule has 0 spiro atoms. The lowest BCUT2D eigenvalue weighted by molar-refractivity contribution is 0.185. The summed E-state index contributed by atoms with van der Waals surface area (Å²) in [4.78, 5) is 0. The Bertz CT molecular complexity index is 406. The molecule has 3 nitrogen and oxygen atoms in total. The van der Waals surface area contributed by atoms with E-state index in [4.69, 9.17) is 21.1 Å². The lowest BCUT2D eigenvalue weighted by Gasteiger charge is -2.19. The number of hydrogen-bond acceptors (Lipinski definition) is 3. The summed E-state index contributed by atoms with van der Waals surface area (Å²) in [5, 5.41) is 3.97. The quantitative estimate of drug-likeness (QED) is 0.685. The highest BCUT2D eigenvalue weighted by Gasteiger charge is 2.15. The third-order valence-electron chi connectivity index (χ3n) is 3.24. The second kappa shape index (κ2) is 9.09. The number of benzene rings is 1. The molecule has 0 saturated carbocycles. The van der Waals surface area contributed by atoms with Crippen molar-refractivity contribution in [1.29, 1.82) is 0 Å². The van der Waals surface area contributed by atoms with Crippen molar-refractivity contribution in [2.24, 2.45) is 0 Å². The molecule has 0 aliphatic heterocycles. The van der Waals surface area contributed by atoms with E-state index in [2.05, 4.69) is 26.1 Å². The number of hydrogen-bond donors (Lipinski definition) is 1. The van der Waals surface area contributed by atoms with Gasteiger partial charge in [0.1, 0.15) is 0 Å². The molecule has 0 radical (unpaired) electrons. The van der Waals surface area contributed by atoms with Crippen LogP contribution in [0.25, 0.3) is 0 Å². The first-order chi connectivity index (χ1) is 9.65. The van der Waals surface area contributed by atoms with Crippen LogP contribution in [0.1, 0.15) is 45.6 Å². The summed E-state index contributed by atoms with van der Waals surface area (Å²) in [5.74, 6) is 1.36. The highest BCUT2D eigenvalue weighted by molar-refractivity contribution is 6.32. The normalized spacial score (nSPS) is 10.9. The summed E-state index contributed by atoms with van der Waals surface area (Å²) in [5.41, 5.74) is 1.11. The minimum Gasteiger partial charge on any atom is -0.493 e. The average molecular weight is 300 g/mol. The molecule has 1 rings (SSSR count). The fraction of sp³-hybridized carbons (Fsp3) is 0.625. The zero-order valence-corrected chi connectivity index (χ0v) is 13.7. The summed E-state index contributed by atoms with van der Waals surface area (Å²) >= 11 is 6.35. The molecule has 0 aromatic heterocycles. The van der Waals surface area contributed by atoms with Crippen molar-refractivity contribution in [2.75, 3.05) is 13.7 Å². The third kappa shape index (κ3) is 4.88. The van der Waals surface area contributed by atoms with Crippen LogP contribution < -0.4 is 14.8 Å². The van der Waals surface area contributed by atoms with Crippen LogP contribution in [-0.4, -0.2) is 19.8 Å². The van der Waals surface area contributed by atoms with Gasteiger partial charge in [-0.3, -0.25) is 0 Å². The van der Waals surface area contributed by atoms with E-state index in [0.29, 0.717) is 16.5 Å². The van der Waals surface area contributed by atoms with Crippen molar-refractivity contribution < 1.29 is 9.47 Å². The van der Waals surface area contributed by atoms with Crippen molar-refractivity contribution in [3.05, 3.63) is 22.7 Å². The molecule has 0 atom stereocenters. The maximum atomic E-state index is 6.35. The molecule has 114 valence electrons. The van der Waals surface area contributed by atoms with Crippen LogP contribution in [0.3, 0.4) is 0 Å². The van der Waals surface area contributed by atoms with Gasteiger partial charge in [-0.15, -0.1) is 0 Å². The van der Waals surface area contributed by atoms with Gasteiger partial charge in [0.25, 0.3) is 0 Å². The molecule has 0 bridgehead atoms. The average Bonchev–Trinajstić information content (AvgIpc) is 2.46. The second-order valence-electron chi connectivity index (χ2n) is 4.84. The van der Waals surface area contributed by atoms with Gasteiger partial charge < -0.3 is 14.8 Å². The van der Waals surface area contributed by atoms with Gasteiger partial charge in [0.15, 0.2) is 11.5 Å². The lowest BCUT2D eigenvalue weighted by Crippen LogP contribution is -2.16. The fourth-order valence-corrected chi connectivity index (χ4v) is 2.30. The van der Waals surface area contributed by atoms with E-state index in [1.807, 2.05) is 12.1 Å². The van der Waals surface area contributed by atoms with Crippen molar-refractivity contribution >= 4 is 11.6 Å². The van der Waals surface area contributed by atoms with E-state index in [0.717, 1.165) is 37.9 Å². The number of rotatable bonds is 9. The number of halogens is 1. The van der Waals surface area contributed by atoms with Gasteiger partial charge in [0, 0.05) is 6.54 Å². The summed E-state index contributed by atoms with van der Waals surface area (Å²) in [6.07, 6.45) is 3.19. The number of ether oxygens (including phenoxy) is 2. The minimum absolute atomic E-state index is 0.172. The molecule has 1 aromatic rings. The molecule has 0 aliphatic carbocycles. The molecule has 1 N–H and O–H groups in total. The molecule has 0 saturated heterocycles. The van der Waals surface area contributed by atoms with Gasteiger partial charge in [-0.25, -0.2) is 0 Å². The van der Waals surface area contributed by atoms with Crippen LogP contribution in [0.15, 0.2) is 12.1 Å². The van der Waals surface area contributed by atoms with Crippen LogP contribution in [0.5, 0.6) is 11.5 Å². The molecule has 0 aliphatic rings. The van der Waals surface area contributed by atoms with Gasteiger partial charge in [-0.05, 0) is 43.5 Å². The summed E-state index contributed by atoms with van der Waals surface area (Å²) in [7, 11) is 1.65. The lowest BCUT2D eigenvalue weighted by atomic mass is 10.1. The van der Waals surface area contributed by atoms with E-state index in [9.17, 15) is 0 Å². The summed E-state index contributed by atoms with van der Waals surface area (Å²) in [6.45, 7) is 8.14. The first kappa shape index (κ1) is 17.1. The summed E-state index contributed by atoms with van der Waals surface area (Å²) < 4.78 is 11.4. The minimum atomic E-state index is 0.172. The fourth-order valence-electron chi connectivity index (χ4n) is 2.02. The molecule has 0 amide bonds. The zero-order valence-electron chi connectivity index (χ0n) is 13.0. The van der Waals surface area contributed by atoms with Crippen LogP contribution in [0, 0.1) is 0 Å². The predicted molar refractivity (Wildman–Crippen MR) is 85.0 cm³/mol. The van der Waals surface area contributed by atoms with E-state index < -0.39 is 0 Å². The number of nitrogens with one attached hydrogen (secondary N) is 1. The van der Waals surface area contributed by atoms with Gasteiger partial charge in [-0.1, -0.05) is 32.4 Å². The maximum absolute atomic E-state index is 6.35. The van der Waals surface area contributed by atoms with Crippen LogP contribution in [-0.2, 0) is 6.54 Å². The van der Waals surface area contributed by atoms with E-state index in [-0.39, 0.29) is 6.10 Å². The van der Waals surface area contributed by atoms with Gasteiger partial charge in [-0.2, -0.15) is 0 Å². The highest BCUT2D eigenvalue weighted by Crippen LogP contribution is 2.37. The second-order valence-corrected chi connectivity index (χ2v) is 5.25. The van der Waals surface area contributed by atoms with Gasteiger partial charge in [0.05, 0.1) is 18.2 Å². The van der Waals surface area contributed by atoms with Crippen molar-refractivity contribution in [1.82, 2.24) is 5.32 Å². The summed E-state index contributed by atoms with van der Waals surface area (Å²) in [6, 6.07) is 3.94. The Labute approximate surface area is 127 Å². The van der Waals surface area contributed by atoms with E-state index in [1.54, 1.807) is 7.11 Å². The van der Waals surface area contributed by atoms with Gasteiger partial charge in [0.2, 0.25) is 0 Å². The highest BCUT2D eigenvalue weighted by atomic mass is 35.5. The Morgan fingerprint density at radius 3 is 2.45 bits per heavy atom. The molecule has 0 fully saturated rings. The Balaban J connectivity index is 2.89. The van der Waals surface area contributed by atoms with Crippen LogP contribution in [0.4, 0.5) is 0 Å². The maximum Gasteiger partial charge on any atom is 0.180 e. The molecule has 0 unspecified atom stereocenters. The smallest absolute Gasteiger partial charge is 0.180 e. The topological polar surface area (TPSA) is 30.5 Å². The first-order valence-corrected chi connectivity index (χ1v) is 7.77. The molecule has 20 heavy (non-hydrogen) atoms. The van der Waals surface area contributed by atoms with Crippen molar-refractivity contribution in [2.45, 2.75) is 52.7 Å². The molecular weight excluding hydrogens is 274 g/mol. The van der Waals surface area contributed by atoms with Crippen LogP contribution >= 0.6 is 11.6 Å². The monoisotopic (exact) mass is 299 g/mol. The Hall–Kier alpha value is -0.930. The van der Waals surface area contributed by atoms with E-state index in [1.165, 1.54) is 0 Å². The van der Waals surface area contributed by atoms with Crippen LogP contribution in [0.2, 0.25) is 5.02 Å². The van der Waals surface area contributed by atoms with Crippen molar-refractivity contribution in [3.8, 4) is 11.5 Å². The third-order valence-corrected chi connectivity index (χ3v) is 3.52. The molecule has 0 heterocycles.